The first-order valence-electron chi connectivity index (χ1n) is 6.39. The molecule has 7 heteroatoms. The van der Waals surface area contributed by atoms with Crippen LogP contribution < -0.4 is 5.32 Å². The molecule has 0 atom stereocenters. The van der Waals surface area contributed by atoms with Gasteiger partial charge in [0.1, 0.15) is 0 Å². The van der Waals surface area contributed by atoms with Crippen molar-refractivity contribution in [2.45, 2.75) is 39.5 Å². The SMILES string of the molecule is CCCNCc1cc(CN(CC)CC(F)(F)F)on1. The summed E-state index contributed by atoms with van der Waals surface area (Å²) in [4.78, 5) is 1.27. The van der Waals surface area contributed by atoms with Crippen molar-refractivity contribution in [2.75, 3.05) is 19.6 Å². The third-order valence-electron chi connectivity index (χ3n) is 2.57. The molecule has 4 nitrogen and oxygen atoms in total. The van der Waals surface area contributed by atoms with Crippen molar-refractivity contribution < 1.29 is 17.7 Å². The maximum atomic E-state index is 12.3. The molecule has 1 aromatic heterocycles. The van der Waals surface area contributed by atoms with Crippen LogP contribution in [0.15, 0.2) is 10.6 Å². The van der Waals surface area contributed by atoms with E-state index in [1.165, 1.54) is 4.90 Å². The Morgan fingerprint density at radius 3 is 2.68 bits per heavy atom. The fourth-order valence-electron chi connectivity index (χ4n) is 1.66. The van der Waals surface area contributed by atoms with Gasteiger partial charge in [0, 0.05) is 12.6 Å². The van der Waals surface area contributed by atoms with Gasteiger partial charge in [-0.3, -0.25) is 4.90 Å². The largest absolute Gasteiger partial charge is 0.401 e. The van der Waals surface area contributed by atoms with E-state index in [0.29, 0.717) is 24.5 Å². The normalized spacial score (nSPS) is 12.3. The molecule has 1 rings (SSSR count). The van der Waals surface area contributed by atoms with Gasteiger partial charge in [-0.15, -0.1) is 0 Å². The van der Waals surface area contributed by atoms with E-state index in [4.69, 9.17) is 4.52 Å². The molecule has 0 aliphatic rings. The average Bonchev–Trinajstić information content (AvgIpc) is 2.74. The molecule has 0 spiro atoms. The molecule has 0 aliphatic heterocycles. The van der Waals surface area contributed by atoms with Crippen molar-refractivity contribution >= 4 is 0 Å². The van der Waals surface area contributed by atoms with E-state index < -0.39 is 12.7 Å². The van der Waals surface area contributed by atoms with Crippen LogP contribution in [0.25, 0.3) is 0 Å². The molecule has 0 unspecified atom stereocenters. The summed E-state index contributed by atoms with van der Waals surface area (Å²) < 4.78 is 42.0. The molecule has 110 valence electrons. The van der Waals surface area contributed by atoms with Gasteiger partial charge in [-0.1, -0.05) is 19.0 Å². The minimum Gasteiger partial charge on any atom is -0.360 e. The maximum absolute atomic E-state index is 12.3. The minimum absolute atomic E-state index is 0.122. The molecule has 0 aliphatic carbocycles. The van der Waals surface area contributed by atoms with Crippen molar-refractivity contribution in [3.63, 3.8) is 0 Å². The summed E-state index contributed by atoms with van der Waals surface area (Å²) in [6.45, 7) is 4.68. The number of nitrogens with zero attached hydrogens (tertiary/aromatic N) is 2. The zero-order chi connectivity index (χ0) is 14.3. The predicted octanol–water partition coefficient (Wildman–Crippen LogP) is 2.56. The second-order valence-corrected chi connectivity index (χ2v) is 4.38. The fourth-order valence-corrected chi connectivity index (χ4v) is 1.66. The molecule has 1 N–H and O–H groups in total. The van der Waals surface area contributed by atoms with Crippen LogP contribution in [-0.4, -0.2) is 35.9 Å². The summed E-state index contributed by atoms with van der Waals surface area (Å²) in [5.74, 6) is 0.458. The molecule has 19 heavy (non-hydrogen) atoms. The van der Waals surface area contributed by atoms with Gasteiger partial charge in [-0.25, -0.2) is 0 Å². The summed E-state index contributed by atoms with van der Waals surface area (Å²) in [7, 11) is 0. The highest BCUT2D eigenvalue weighted by atomic mass is 19.4. The van der Waals surface area contributed by atoms with Crippen molar-refractivity contribution in [3.8, 4) is 0 Å². The molecule has 0 bridgehead atoms. The number of hydrogen-bond acceptors (Lipinski definition) is 4. The Hall–Kier alpha value is -1.08. The van der Waals surface area contributed by atoms with Crippen molar-refractivity contribution in [2.24, 2.45) is 0 Å². The van der Waals surface area contributed by atoms with E-state index in [2.05, 4.69) is 17.4 Å². The van der Waals surface area contributed by atoms with E-state index in [0.717, 1.165) is 13.0 Å². The van der Waals surface area contributed by atoms with E-state index in [1.54, 1.807) is 13.0 Å². The Bertz CT molecular complexity index is 365. The van der Waals surface area contributed by atoms with Gasteiger partial charge in [0.25, 0.3) is 0 Å². The first-order valence-corrected chi connectivity index (χ1v) is 6.39. The average molecular weight is 279 g/mol. The third-order valence-corrected chi connectivity index (χ3v) is 2.57. The topological polar surface area (TPSA) is 41.3 Å². The van der Waals surface area contributed by atoms with Crippen LogP contribution in [0.3, 0.4) is 0 Å². The summed E-state index contributed by atoms with van der Waals surface area (Å²) >= 11 is 0. The Labute approximate surface area is 110 Å². The molecule has 0 radical (unpaired) electrons. The lowest BCUT2D eigenvalue weighted by Crippen LogP contribution is -2.33. The number of rotatable bonds is 8. The molecule has 1 heterocycles. The summed E-state index contributed by atoms with van der Waals surface area (Å²) in [5.41, 5.74) is 0.714. The summed E-state index contributed by atoms with van der Waals surface area (Å²) in [6.07, 6.45) is -3.18. The van der Waals surface area contributed by atoms with E-state index in [9.17, 15) is 13.2 Å². The number of hydrogen-bond donors (Lipinski definition) is 1. The molecule has 0 fully saturated rings. The van der Waals surface area contributed by atoms with Crippen LogP contribution in [0, 0.1) is 0 Å². The van der Waals surface area contributed by atoms with E-state index in [1.807, 2.05) is 0 Å². The number of nitrogens with one attached hydrogen (secondary N) is 1. The van der Waals surface area contributed by atoms with Crippen LogP contribution in [-0.2, 0) is 13.1 Å². The molecule has 0 saturated heterocycles. The van der Waals surface area contributed by atoms with E-state index in [-0.39, 0.29) is 6.54 Å². The van der Waals surface area contributed by atoms with Crippen molar-refractivity contribution in [1.82, 2.24) is 15.4 Å². The second kappa shape index (κ2) is 7.49. The van der Waals surface area contributed by atoms with Gasteiger partial charge in [0.15, 0.2) is 5.76 Å². The number of aromatic nitrogens is 1. The standard InChI is InChI=1S/C12H20F3N3O/c1-3-5-16-7-10-6-11(19-17-10)8-18(4-2)9-12(13,14)15/h6,16H,3-5,7-9H2,1-2H3. The molecule has 0 amide bonds. The zero-order valence-corrected chi connectivity index (χ0v) is 11.3. The van der Waals surface area contributed by atoms with Crippen LogP contribution in [0.5, 0.6) is 0 Å². The first kappa shape index (κ1) is 16.0. The van der Waals surface area contributed by atoms with E-state index >= 15 is 0 Å². The lowest BCUT2D eigenvalue weighted by molar-refractivity contribution is -0.147. The molecule has 0 aromatic carbocycles. The second-order valence-electron chi connectivity index (χ2n) is 4.38. The smallest absolute Gasteiger partial charge is 0.360 e. The lowest BCUT2D eigenvalue weighted by atomic mass is 10.3. The maximum Gasteiger partial charge on any atom is 0.401 e. The van der Waals surface area contributed by atoms with Crippen LogP contribution >= 0.6 is 0 Å². The van der Waals surface area contributed by atoms with Crippen LogP contribution in [0.2, 0.25) is 0 Å². The van der Waals surface area contributed by atoms with Gasteiger partial charge in [0.2, 0.25) is 0 Å². The van der Waals surface area contributed by atoms with Crippen molar-refractivity contribution in [1.29, 1.82) is 0 Å². The van der Waals surface area contributed by atoms with Gasteiger partial charge in [0.05, 0.1) is 18.8 Å². The zero-order valence-electron chi connectivity index (χ0n) is 11.3. The number of alkyl halides is 3. The third kappa shape index (κ3) is 6.58. The van der Waals surface area contributed by atoms with Crippen molar-refractivity contribution in [3.05, 3.63) is 17.5 Å². The summed E-state index contributed by atoms with van der Waals surface area (Å²) in [5, 5.41) is 6.98. The van der Waals surface area contributed by atoms with Gasteiger partial charge in [-0.2, -0.15) is 13.2 Å². The van der Waals surface area contributed by atoms with Crippen LogP contribution in [0.4, 0.5) is 13.2 Å². The van der Waals surface area contributed by atoms with Gasteiger partial charge >= 0.3 is 6.18 Å². The Morgan fingerprint density at radius 1 is 1.37 bits per heavy atom. The Kier molecular flexibility index (Phi) is 6.30. The Balaban J connectivity index is 2.47. The Morgan fingerprint density at radius 2 is 2.11 bits per heavy atom. The van der Waals surface area contributed by atoms with Gasteiger partial charge in [-0.05, 0) is 19.5 Å². The summed E-state index contributed by atoms with van der Waals surface area (Å²) in [6, 6.07) is 1.70. The lowest BCUT2D eigenvalue weighted by Gasteiger charge is -2.20. The molecule has 0 saturated carbocycles. The highest BCUT2D eigenvalue weighted by Gasteiger charge is 2.30. The monoisotopic (exact) mass is 279 g/mol. The number of halogens is 3. The van der Waals surface area contributed by atoms with Gasteiger partial charge < -0.3 is 9.84 Å². The molecular weight excluding hydrogens is 259 g/mol. The predicted molar refractivity (Wildman–Crippen MR) is 65.5 cm³/mol. The molecular formula is C12H20F3N3O. The fraction of sp³-hybridized carbons (Fsp3) is 0.750. The molecule has 1 aromatic rings. The van der Waals surface area contributed by atoms with Crippen LogP contribution in [0.1, 0.15) is 31.7 Å². The quantitative estimate of drug-likeness (QED) is 0.743. The first-order chi connectivity index (χ1) is 8.94. The minimum atomic E-state index is -4.19. The highest BCUT2D eigenvalue weighted by Crippen LogP contribution is 2.18. The highest BCUT2D eigenvalue weighted by molar-refractivity contribution is 5.05.